The van der Waals surface area contributed by atoms with Gasteiger partial charge in [0.15, 0.2) is 11.5 Å². The number of ether oxygens (including phenoxy) is 2. The zero-order chi connectivity index (χ0) is 16.8. The van der Waals surface area contributed by atoms with Crippen LogP contribution >= 0.6 is 0 Å². The zero-order valence-electron chi connectivity index (χ0n) is 12.0. The van der Waals surface area contributed by atoms with E-state index < -0.39 is 18.2 Å². The van der Waals surface area contributed by atoms with Gasteiger partial charge in [0, 0.05) is 6.42 Å². The Bertz CT molecular complexity index is 567. The lowest BCUT2D eigenvalue weighted by atomic mass is 10.1. The molecule has 1 amide bonds. The Morgan fingerprint density at radius 3 is 2.64 bits per heavy atom. The van der Waals surface area contributed by atoms with Crippen LogP contribution in [-0.2, 0) is 11.2 Å². The van der Waals surface area contributed by atoms with Crippen molar-refractivity contribution >= 4 is 5.91 Å². The third-order valence-electron chi connectivity index (χ3n) is 2.67. The Kier molecular flexibility index (Phi) is 6.04. The molecule has 0 spiro atoms. The summed E-state index contributed by atoms with van der Waals surface area (Å²) in [5.74, 6) is -0.870. The summed E-state index contributed by atoms with van der Waals surface area (Å²) in [5, 5.41) is 11.0. The normalized spacial score (nSPS) is 12.2. The van der Waals surface area contributed by atoms with E-state index in [0.29, 0.717) is 5.56 Å². The number of halogens is 3. The lowest BCUT2D eigenvalue weighted by Crippen LogP contribution is -2.31. The topological polar surface area (TPSA) is 71.3 Å². The van der Waals surface area contributed by atoms with Gasteiger partial charge in [0.2, 0.25) is 5.91 Å². The molecular formula is C14H15F3N2O3. The van der Waals surface area contributed by atoms with E-state index in [-0.39, 0.29) is 24.5 Å². The molecule has 0 bridgehead atoms. The van der Waals surface area contributed by atoms with Crippen molar-refractivity contribution in [3.05, 3.63) is 23.8 Å². The van der Waals surface area contributed by atoms with Gasteiger partial charge in [-0.3, -0.25) is 4.79 Å². The van der Waals surface area contributed by atoms with Crippen LogP contribution in [0.4, 0.5) is 13.2 Å². The van der Waals surface area contributed by atoms with Crippen LogP contribution in [0.3, 0.4) is 0 Å². The molecule has 1 rings (SSSR count). The van der Waals surface area contributed by atoms with Crippen LogP contribution in [0.15, 0.2) is 18.2 Å². The number of benzene rings is 1. The summed E-state index contributed by atoms with van der Waals surface area (Å²) in [6, 6.07) is 5.29. The Morgan fingerprint density at radius 2 is 2.09 bits per heavy atom. The second-order valence-corrected chi connectivity index (χ2v) is 4.45. The largest absolute Gasteiger partial charge is 0.573 e. The average molecular weight is 316 g/mol. The fourth-order valence-corrected chi connectivity index (χ4v) is 1.68. The second-order valence-electron chi connectivity index (χ2n) is 4.45. The molecule has 5 nitrogen and oxygen atoms in total. The first-order valence-electron chi connectivity index (χ1n) is 6.37. The van der Waals surface area contributed by atoms with Gasteiger partial charge in [-0.1, -0.05) is 6.07 Å². The molecule has 22 heavy (non-hydrogen) atoms. The number of hydrogen-bond acceptors (Lipinski definition) is 4. The minimum Gasteiger partial charge on any atom is -0.493 e. The molecule has 0 heterocycles. The van der Waals surface area contributed by atoms with Gasteiger partial charge < -0.3 is 14.8 Å². The van der Waals surface area contributed by atoms with Crippen LogP contribution in [0, 0.1) is 11.3 Å². The van der Waals surface area contributed by atoms with Gasteiger partial charge >= 0.3 is 6.36 Å². The molecule has 8 heteroatoms. The molecule has 0 fully saturated rings. The number of aryl methyl sites for hydroxylation is 1. The molecule has 0 aliphatic rings. The summed E-state index contributed by atoms with van der Waals surface area (Å²) < 4.78 is 45.6. The summed E-state index contributed by atoms with van der Waals surface area (Å²) in [6.45, 7) is 1.53. The highest BCUT2D eigenvalue weighted by Gasteiger charge is 2.32. The van der Waals surface area contributed by atoms with Gasteiger partial charge in [-0.2, -0.15) is 5.26 Å². The van der Waals surface area contributed by atoms with Crippen molar-refractivity contribution in [2.24, 2.45) is 0 Å². The number of nitrogens with zero attached hydrogens (tertiary/aromatic N) is 1. The van der Waals surface area contributed by atoms with E-state index >= 15 is 0 Å². The van der Waals surface area contributed by atoms with Crippen LogP contribution in [0.5, 0.6) is 11.5 Å². The maximum Gasteiger partial charge on any atom is 0.573 e. The monoisotopic (exact) mass is 316 g/mol. The van der Waals surface area contributed by atoms with Gasteiger partial charge in [-0.25, -0.2) is 0 Å². The summed E-state index contributed by atoms with van der Waals surface area (Å²) in [4.78, 5) is 11.5. The fourth-order valence-electron chi connectivity index (χ4n) is 1.68. The SMILES string of the molecule is COc1ccc(CCC(=O)NC(C)C#N)cc1OC(F)(F)F. The number of hydrogen-bond donors (Lipinski definition) is 1. The number of nitriles is 1. The number of rotatable bonds is 6. The number of nitrogens with one attached hydrogen (secondary N) is 1. The van der Waals surface area contributed by atoms with E-state index in [4.69, 9.17) is 10.00 Å². The van der Waals surface area contributed by atoms with E-state index in [2.05, 4.69) is 10.1 Å². The first kappa shape index (κ1) is 17.6. The fraction of sp³-hybridized carbons (Fsp3) is 0.429. The zero-order valence-corrected chi connectivity index (χ0v) is 12.0. The molecule has 0 aliphatic carbocycles. The van der Waals surface area contributed by atoms with Gasteiger partial charge in [0.05, 0.1) is 13.2 Å². The van der Waals surface area contributed by atoms with Crippen LogP contribution in [0.2, 0.25) is 0 Å². The number of carbonyl (C=O) groups is 1. The van der Waals surface area contributed by atoms with Crippen LogP contribution in [0.25, 0.3) is 0 Å². The molecule has 0 saturated carbocycles. The summed E-state index contributed by atoms with van der Waals surface area (Å²) in [5.41, 5.74) is 0.486. The summed E-state index contributed by atoms with van der Waals surface area (Å²) >= 11 is 0. The highest BCUT2D eigenvalue weighted by Crippen LogP contribution is 2.33. The minimum absolute atomic E-state index is 0.0454. The molecule has 1 aromatic carbocycles. The smallest absolute Gasteiger partial charge is 0.493 e. The Hall–Kier alpha value is -2.43. The molecule has 120 valence electrons. The Labute approximate surface area is 125 Å². The number of methoxy groups -OCH3 is 1. The molecule has 1 unspecified atom stereocenters. The first-order valence-corrected chi connectivity index (χ1v) is 6.37. The maximum atomic E-state index is 12.3. The molecule has 1 atom stereocenters. The summed E-state index contributed by atoms with van der Waals surface area (Å²) in [7, 11) is 1.23. The Morgan fingerprint density at radius 1 is 1.41 bits per heavy atom. The van der Waals surface area contributed by atoms with Crippen molar-refractivity contribution < 1.29 is 27.4 Å². The molecule has 0 saturated heterocycles. The third-order valence-corrected chi connectivity index (χ3v) is 2.67. The van der Waals surface area contributed by atoms with Crippen molar-refractivity contribution in [3.8, 4) is 17.6 Å². The first-order chi connectivity index (χ1) is 10.2. The van der Waals surface area contributed by atoms with Gasteiger partial charge in [-0.15, -0.1) is 13.2 Å². The number of amides is 1. The van der Waals surface area contributed by atoms with E-state index in [9.17, 15) is 18.0 Å². The van der Waals surface area contributed by atoms with Crippen molar-refractivity contribution in [3.63, 3.8) is 0 Å². The van der Waals surface area contributed by atoms with Crippen LogP contribution in [-0.4, -0.2) is 25.4 Å². The highest BCUT2D eigenvalue weighted by atomic mass is 19.4. The highest BCUT2D eigenvalue weighted by molar-refractivity contribution is 5.76. The molecule has 1 aromatic rings. The third kappa shape index (κ3) is 5.91. The Balaban J connectivity index is 2.74. The predicted molar refractivity (Wildman–Crippen MR) is 71.2 cm³/mol. The number of alkyl halides is 3. The van der Waals surface area contributed by atoms with Crippen molar-refractivity contribution in [2.75, 3.05) is 7.11 Å². The minimum atomic E-state index is -4.83. The average Bonchev–Trinajstić information content (AvgIpc) is 2.43. The van der Waals surface area contributed by atoms with E-state index in [1.165, 1.54) is 26.2 Å². The lowest BCUT2D eigenvalue weighted by molar-refractivity contribution is -0.275. The molecule has 0 radical (unpaired) electrons. The molecule has 1 N–H and O–H groups in total. The standard InChI is InChI=1S/C14H15F3N2O3/c1-9(8-18)19-13(20)6-4-10-3-5-11(21-2)12(7-10)22-14(15,16)17/h3,5,7,9H,4,6H2,1-2H3,(H,19,20). The predicted octanol–water partition coefficient (Wildman–Crippen LogP) is 2.55. The molecule has 0 aromatic heterocycles. The van der Waals surface area contributed by atoms with E-state index in [1.54, 1.807) is 6.07 Å². The van der Waals surface area contributed by atoms with Crippen molar-refractivity contribution in [1.82, 2.24) is 5.32 Å². The van der Waals surface area contributed by atoms with E-state index in [0.717, 1.165) is 0 Å². The van der Waals surface area contributed by atoms with Gasteiger partial charge in [0.25, 0.3) is 0 Å². The molecular weight excluding hydrogens is 301 g/mol. The van der Waals surface area contributed by atoms with E-state index in [1.807, 2.05) is 6.07 Å². The van der Waals surface area contributed by atoms with Gasteiger partial charge in [0.1, 0.15) is 6.04 Å². The maximum absolute atomic E-state index is 12.3. The summed E-state index contributed by atoms with van der Waals surface area (Å²) in [6.07, 6.45) is -4.57. The molecule has 0 aliphatic heterocycles. The van der Waals surface area contributed by atoms with Crippen LogP contribution in [0.1, 0.15) is 18.9 Å². The second kappa shape index (κ2) is 7.54. The quantitative estimate of drug-likeness (QED) is 0.875. The van der Waals surface area contributed by atoms with Crippen molar-refractivity contribution in [2.45, 2.75) is 32.2 Å². The van der Waals surface area contributed by atoms with Crippen LogP contribution < -0.4 is 14.8 Å². The number of carbonyl (C=O) groups excluding carboxylic acids is 1. The lowest BCUT2D eigenvalue weighted by Gasteiger charge is -2.14. The van der Waals surface area contributed by atoms with Gasteiger partial charge in [-0.05, 0) is 31.0 Å². The van der Waals surface area contributed by atoms with Crippen molar-refractivity contribution in [1.29, 1.82) is 5.26 Å².